The summed E-state index contributed by atoms with van der Waals surface area (Å²) in [7, 11) is 1.75. The molecule has 0 aliphatic heterocycles. The molecular weight excluding hydrogens is 234 g/mol. The Morgan fingerprint density at radius 3 is 2.59 bits per heavy atom. The fourth-order valence-electron chi connectivity index (χ4n) is 1.53. The second kappa shape index (κ2) is 5.10. The number of amides is 1. The van der Waals surface area contributed by atoms with Gasteiger partial charge in [0.2, 0.25) is 0 Å². The SMILES string of the molecule is CN(Cc1ccco1)C(=O)c1ccc(S)cc1. The lowest BCUT2D eigenvalue weighted by Gasteiger charge is -2.15. The van der Waals surface area contributed by atoms with Gasteiger partial charge in [0.1, 0.15) is 5.76 Å². The van der Waals surface area contributed by atoms with E-state index < -0.39 is 0 Å². The van der Waals surface area contributed by atoms with Crippen molar-refractivity contribution in [3.8, 4) is 0 Å². The minimum Gasteiger partial charge on any atom is -0.467 e. The Hall–Kier alpha value is -1.68. The van der Waals surface area contributed by atoms with Gasteiger partial charge in [0.25, 0.3) is 5.91 Å². The van der Waals surface area contributed by atoms with E-state index in [1.807, 2.05) is 12.1 Å². The van der Waals surface area contributed by atoms with Crippen LogP contribution in [0.4, 0.5) is 0 Å². The number of nitrogens with zero attached hydrogens (tertiary/aromatic N) is 1. The zero-order valence-corrected chi connectivity index (χ0v) is 10.4. The predicted molar refractivity (Wildman–Crippen MR) is 68.2 cm³/mol. The highest BCUT2D eigenvalue weighted by atomic mass is 32.1. The third kappa shape index (κ3) is 2.91. The fraction of sp³-hybridized carbons (Fsp3) is 0.154. The Balaban J connectivity index is 2.07. The Bertz CT molecular complexity index is 491. The van der Waals surface area contributed by atoms with Gasteiger partial charge in [-0.15, -0.1) is 12.6 Å². The molecular formula is C13H13NO2S. The molecule has 1 aromatic carbocycles. The molecule has 88 valence electrons. The number of hydrogen-bond donors (Lipinski definition) is 1. The number of hydrogen-bond acceptors (Lipinski definition) is 3. The van der Waals surface area contributed by atoms with Gasteiger partial charge in [-0.3, -0.25) is 4.79 Å². The van der Waals surface area contributed by atoms with E-state index in [-0.39, 0.29) is 5.91 Å². The predicted octanol–water partition coefficient (Wildman–Crippen LogP) is 2.84. The molecule has 0 aliphatic rings. The number of carbonyl (C=O) groups excluding carboxylic acids is 1. The second-order valence-corrected chi connectivity index (χ2v) is 4.30. The topological polar surface area (TPSA) is 33.5 Å². The first-order valence-corrected chi connectivity index (χ1v) is 5.68. The fourth-order valence-corrected chi connectivity index (χ4v) is 1.68. The first-order valence-electron chi connectivity index (χ1n) is 5.23. The Kier molecular flexibility index (Phi) is 3.54. The van der Waals surface area contributed by atoms with E-state index in [1.54, 1.807) is 42.5 Å². The van der Waals surface area contributed by atoms with Crippen LogP contribution in [0, 0.1) is 0 Å². The van der Waals surface area contributed by atoms with Crippen LogP contribution in [0.2, 0.25) is 0 Å². The summed E-state index contributed by atoms with van der Waals surface area (Å²) in [5.74, 6) is 0.737. The Labute approximate surface area is 105 Å². The molecule has 0 radical (unpaired) electrons. The summed E-state index contributed by atoms with van der Waals surface area (Å²) in [5, 5.41) is 0. The number of carbonyl (C=O) groups is 1. The summed E-state index contributed by atoms with van der Waals surface area (Å²) in [5.41, 5.74) is 0.650. The lowest BCUT2D eigenvalue weighted by atomic mass is 10.2. The molecule has 4 heteroatoms. The lowest BCUT2D eigenvalue weighted by molar-refractivity contribution is 0.0775. The third-order valence-electron chi connectivity index (χ3n) is 2.43. The van der Waals surface area contributed by atoms with Gasteiger partial charge >= 0.3 is 0 Å². The molecule has 0 bridgehead atoms. The molecule has 0 aliphatic carbocycles. The molecule has 1 heterocycles. The summed E-state index contributed by atoms with van der Waals surface area (Å²) in [4.78, 5) is 14.5. The molecule has 3 nitrogen and oxygen atoms in total. The van der Waals surface area contributed by atoms with E-state index >= 15 is 0 Å². The molecule has 0 atom stereocenters. The summed E-state index contributed by atoms with van der Waals surface area (Å²) >= 11 is 4.18. The monoisotopic (exact) mass is 247 g/mol. The molecule has 17 heavy (non-hydrogen) atoms. The van der Waals surface area contributed by atoms with Crippen molar-refractivity contribution in [2.24, 2.45) is 0 Å². The normalized spacial score (nSPS) is 10.2. The molecule has 2 aromatic rings. The summed E-state index contributed by atoms with van der Waals surface area (Å²) in [6.07, 6.45) is 1.60. The van der Waals surface area contributed by atoms with E-state index in [9.17, 15) is 4.79 Å². The van der Waals surface area contributed by atoms with Gasteiger partial charge in [-0.2, -0.15) is 0 Å². The molecule has 0 unspecified atom stereocenters. The van der Waals surface area contributed by atoms with Crippen LogP contribution < -0.4 is 0 Å². The maximum Gasteiger partial charge on any atom is 0.254 e. The molecule has 0 N–H and O–H groups in total. The van der Waals surface area contributed by atoms with E-state index in [0.717, 1.165) is 10.7 Å². The van der Waals surface area contributed by atoms with Crippen molar-refractivity contribution >= 4 is 18.5 Å². The van der Waals surface area contributed by atoms with E-state index in [4.69, 9.17) is 4.42 Å². The lowest BCUT2D eigenvalue weighted by Crippen LogP contribution is -2.25. The Morgan fingerprint density at radius 2 is 2.00 bits per heavy atom. The van der Waals surface area contributed by atoms with Gasteiger partial charge in [0.15, 0.2) is 0 Å². The van der Waals surface area contributed by atoms with Crippen LogP contribution in [0.25, 0.3) is 0 Å². The average molecular weight is 247 g/mol. The zero-order valence-electron chi connectivity index (χ0n) is 9.46. The summed E-state index contributed by atoms with van der Waals surface area (Å²) in [6, 6.07) is 10.8. The van der Waals surface area contributed by atoms with Gasteiger partial charge < -0.3 is 9.32 Å². The summed E-state index contributed by atoms with van der Waals surface area (Å²) < 4.78 is 5.20. The molecule has 1 aromatic heterocycles. The molecule has 2 rings (SSSR count). The number of benzene rings is 1. The van der Waals surface area contributed by atoms with Crippen LogP contribution in [0.5, 0.6) is 0 Å². The third-order valence-corrected chi connectivity index (χ3v) is 2.73. The molecule has 0 spiro atoms. The number of rotatable bonds is 3. The zero-order chi connectivity index (χ0) is 12.3. The van der Waals surface area contributed by atoms with Gasteiger partial charge in [-0.05, 0) is 36.4 Å². The molecule has 0 saturated carbocycles. The van der Waals surface area contributed by atoms with Crippen LogP contribution in [0.15, 0.2) is 52.0 Å². The number of thiol groups is 1. The highest BCUT2D eigenvalue weighted by Crippen LogP contribution is 2.11. The van der Waals surface area contributed by atoms with Crippen molar-refractivity contribution in [2.75, 3.05) is 7.05 Å². The van der Waals surface area contributed by atoms with Gasteiger partial charge in [0, 0.05) is 17.5 Å². The molecule has 1 amide bonds. The van der Waals surface area contributed by atoms with Crippen LogP contribution in [-0.2, 0) is 6.54 Å². The smallest absolute Gasteiger partial charge is 0.254 e. The standard InChI is InChI=1S/C13H13NO2S/c1-14(9-11-3-2-8-16-11)13(15)10-4-6-12(17)7-5-10/h2-8,17H,9H2,1H3. The van der Waals surface area contributed by atoms with Gasteiger partial charge in [-0.25, -0.2) is 0 Å². The van der Waals surface area contributed by atoms with Gasteiger partial charge in [-0.1, -0.05) is 0 Å². The first-order chi connectivity index (χ1) is 8.16. The molecule has 0 saturated heterocycles. The van der Waals surface area contributed by atoms with E-state index in [0.29, 0.717) is 12.1 Å². The molecule has 0 fully saturated rings. The van der Waals surface area contributed by atoms with Crippen molar-refractivity contribution in [2.45, 2.75) is 11.4 Å². The highest BCUT2D eigenvalue weighted by Gasteiger charge is 2.12. The Morgan fingerprint density at radius 1 is 1.29 bits per heavy atom. The quantitative estimate of drug-likeness (QED) is 0.846. The van der Waals surface area contributed by atoms with E-state index in [2.05, 4.69) is 12.6 Å². The van der Waals surface area contributed by atoms with Crippen LogP contribution in [-0.4, -0.2) is 17.9 Å². The number of furan rings is 1. The largest absolute Gasteiger partial charge is 0.467 e. The average Bonchev–Trinajstić information content (AvgIpc) is 2.82. The van der Waals surface area contributed by atoms with Crippen molar-refractivity contribution in [1.82, 2.24) is 4.90 Å². The van der Waals surface area contributed by atoms with Crippen molar-refractivity contribution < 1.29 is 9.21 Å². The summed E-state index contributed by atoms with van der Waals surface area (Å²) in [6.45, 7) is 0.467. The van der Waals surface area contributed by atoms with Crippen LogP contribution in [0.3, 0.4) is 0 Å². The van der Waals surface area contributed by atoms with E-state index in [1.165, 1.54) is 0 Å². The minimum absolute atomic E-state index is 0.0327. The minimum atomic E-state index is -0.0327. The highest BCUT2D eigenvalue weighted by molar-refractivity contribution is 7.80. The van der Waals surface area contributed by atoms with Crippen molar-refractivity contribution in [1.29, 1.82) is 0 Å². The van der Waals surface area contributed by atoms with Crippen molar-refractivity contribution in [3.63, 3.8) is 0 Å². The second-order valence-electron chi connectivity index (χ2n) is 3.79. The van der Waals surface area contributed by atoms with Crippen LogP contribution in [0.1, 0.15) is 16.1 Å². The van der Waals surface area contributed by atoms with Crippen LogP contribution >= 0.6 is 12.6 Å². The maximum absolute atomic E-state index is 12.0. The first kappa shape index (κ1) is 11.8. The van der Waals surface area contributed by atoms with Gasteiger partial charge in [0.05, 0.1) is 12.8 Å². The maximum atomic E-state index is 12.0. The van der Waals surface area contributed by atoms with Crippen molar-refractivity contribution in [3.05, 3.63) is 54.0 Å².